The molecule has 2 rings (SSSR count). The molecule has 0 spiro atoms. The predicted molar refractivity (Wildman–Crippen MR) is 91.7 cm³/mol. The molecular formula is C17H20N4O2. The lowest BCUT2D eigenvalue weighted by Crippen LogP contribution is -2.15. The number of carbonyl (C=O) groups excluding carboxylic acids is 2. The molecule has 1 heterocycles. The maximum absolute atomic E-state index is 12.2. The number of nitrogens with zero attached hydrogens (tertiary/aromatic N) is 1. The second-order valence-electron chi connectivity index (χ2n) is 5.44. The molecule has 3 N–H and O–H groups in total. The van der Waals surface area contributed by atoms with E-state index in [1.54, 1.807) is 36.5 Å². The van der Waals surface area contributed by atoms with Gasteiger partial charge in [0.05, 0.1) is 0 Å². The molecule has 0 aliphatic heterocycles. The Morgan fingerprint density at radius 2 is 1.57 bits per heavy atom. The zero-order chi connectivity index (χ0) is 16.8. The van der Waals surface area contributed by atoms with E-state index in [0.717, 1.165) is 5.69 Å². The number of carbonyl (C=O) groups is 2. The Kier molecular flexibility index (Phi) is 5.30. The molecule has 0 aliphatic carbocycles. The number of hydrogen-bond donors (Lipinski definition) is 3. The van der Waals surface area contributed by atoms with E-state index in [0.29, 0.717) is 17.1 Å². The molecule has 2 amide bonds. The van der Waals surface area contributed by atoms with Crippen LogP contribution in [0.4, 0.5) is 17.1 Å². The van der Waals surface area contributed by atoms with E-state index in [4.69, 9.17) is 0 Å². The van der Waals surface area contributed by atoms with Crippen molar-refractivity contribution in [1.82, 2.24) is 4.98 Å². The Bertz CT molecular complexity index is 696. The van der Waals surface area contributed by atoms with Crippen molar-refractivity contribution in [3.63, 3.8) is 0 Å². The number of rotatable bonds is 5. The van der Waals surface area contributed by atoms with Crippen molar-refractivity contribution in [2.75, 3.05) is 16.0 Å². The van der Waals surface area contributed by atoms with Crippen LogP contribution in [0.1, 0.15) is 31.3 Å². The third kappa shape index (κ3) is 5.10. The number of pyridine rings is 1. The Labute approximate surface area is 135 Å². The summed E-state index contributed by atoms with van der Waals surface area (Å²) in [5.74, 6) is -0.426. The summed E-state index contributed by atoms with van der Waals surface area (Å²) in [6.45, 7) is 5.49. The minimum atomic E-state index is -0.287. The lowest BCUT2D eigenvalue weighted by atomic mass is 10.2. The highest BCUT2D eigenvalue weighted by molar-refractivity contribution is 6.03. The number of amides is 2. The number of hydrogen-bond acceptors (Lipinski definition) is 4. The Morgan fingerprint density at radius 1 is 0.957 bits per heavy atom. The highest BCUT2D eigenvalue weighted by Gasteiger charge is 2.09. The zero-order valence-corrected chi connectivity index (χ0v) is 13.4. The Hall–Kier alpha value is -2.89. The Balaban J connectivity index is 2.05. The fraction of sp³-hybridized carbons (Fsp3) is 0.235. The maximum atomic E-state index is 12.2. The number of benzene rings is 1. The van der Waals surface area contributed by atoms with Crippen molar-refractivity contribution >= 4 is 28.9 Å². The summed E-state index contributed by atoms with van der Waals surface area (Å²) in [7, 11) is 0. The first-order valence-electron chi connectivity index (χ1n) is 7.35. The molecule has 6 nitrogen and oxygen atoms in total. The lowest BCUT2D eigenvalue weighted by Gasteiger charge is -2.11. The van der Waals surface area contributed by atoms with Crippen LogP contribution in [-0.4, -0.2) is 22.8 Å². The quantitative estimate of drug-likeness (QED) is 0.792. The van der Waals surface area contributed by atoms with Crippen LogP contribution in [0.25, 0.3) is 0 Å². The summed E-state index contributed by atoms with van der Waals surface area (Å²) in [5, 5.41) is 8.68. The second-order valence-corrected chi connectivity index (χ2v) is 5.44. The maximum Gasteiger partial charge on any atom is 0.274 e. The van der Waals surface area contributed by atoms with Crippen molar-refractivity contribution in [3.05, 3.63) is 48.3 Å². The highest BCUT2D eigenvalue weighted by Crippen LogP contribution is 2.15. The van der Waals surface area contributed by atoms with Gasteiger partial charge in [-0.15, -0.1) is 0 Å². The predicted octanol–water partition coefficient (Wildman–Crippen LogP) is 3.11. The van der Waals surface area contributed by atoms with Crippen molar-refractivity contribution in [2.24, 2.45) is 0 Å². The number of nitrogens with one attached hydrogen (secondary N) is 3. The fourth-order valence-electron chi connectivity index (χ4n) is 2.01. The van der Waals surface area contributed by atoms with Gasteiger partial charge in [0.15, 0.2) is 0 Å². The van der Waals surface area contributed by atoms with Crippen LogP contribution in [0.3, 0.4) is 0 Å². The second kappa shape index (κ2) is 7.40. The number of anilines is 3. The van der Waals surface area contributed by atoms with Gasteiger partial charge in [-0.3, -0.25) is 14.6 Å². The van der Waals surface area contributed by atoms with Gasteiger partial charge in [0.25, 0.3) is 5.91 Å². The molecule has 1 aromatic carbocycles. The van der Waals surface area contributed by atoms with E-state index >= 15 is 0 Å². The third-order valence-electron chi connectivity index (χ3n) is 2.91. The van der Waals surface area contributed by atoms with E-state index in [2.05, 4.69) is 20.9 Å². The van der Waals surface area contributed by atoms with Gasteiger partial charge in [0.1, 0.15) is 5.69 Å². The molecule has 0 atom stereocenters. The molecule has 0 aliphatic rings. The van der Waals surface area contributed by atoms with Gasteiger partial charge < -0.3 is 16.0 Å². The first-order chi connectivity index (χ1) is 10.9. The van der Waals surface area contributed by atoms with Crippen LogP contribution < -0.4 is 16.0 Å². The van der Waals surface area contributed by atoms with Gasteiger partial charge in [-0.1, -0.05) is 0 Å². The van der Waals surface area contributed by atoms with Crippen LogP contribution in [0, 0.1) is 0 Å². The summed E-state index contributed by atoms with van der Waals surface area (Å²) < 4.78 is 0. The zero-order valence-electron chi connectivity index (χ0n) is 13.4. The van der Waals surface area contributed by atoms with Crippen LogP contribution in [0.15, 0.2) is 42.6 Å². The lowest BCUT2D eigenvalue weighted by molar-refractivity contribution is -0.114. The van der Waals surface area contributed by atoms with Crippen molar-refractivity contribution in [2.45, 2.75) is 26.8 Å². The minimum Gasteiger partial charge on any atom is -0.383 e. The standard InChI is InChI=1S/C17H20N4O2/c1-11(2)19-15-8-9-18-16(10-15)17(23)21-14-6-4-13(5-7-14)20-12(3)22/h4-11H,1-3H3,(H,18,19)(H,20,22)(H,21,23). The van der Waals surface area contributed by atoms with Crippen molar-refractivity contribution in [1.29, 1.82) is 0 Å². The SMILES string of the molecule is CC(=O)Nc1ccc(NC(=O)c2cc(NC(C)C)ccn2)cc1. The average Bonchev–Trinajstić information content (AvgIpc) is 2.48. The molecule has 1 aromatic heterocycles. The van der Waals surface area contributed by atoms with Crippen LogP contribution in [0.2, 0.25) is 0 Å². The van der Waals surface area contributed by atoms with Gasteiger partial charge >= 0.3 is 0 Å². The molecule has 2 aromatic rings. The van der Waals surface area contributed by atoms with Crippen molar-refractivity contribution in [3.8, 4) is 0 Å². The molecule has 23 heavy (non-hydrogen) atoms. The molecule has 0 radical (unpaired) electrons. The summed E-state index contributed by atoms with van der Waals surface area (Å²) in [4.78, 5) is 27.3. The average molecular weight is 312 g/mol. The van der Waals surface area contributed by atoms with Crippen LogP contribution in [0.5, 0.6) is 0 Å². The van der Waals surface area contributed by atoms with E-state index in [1.165, 1.54) is 6.92 Å². The fourth-order valence-corrected chi connectivity index (χ4v) is 2.01. The van der Waals surface area contributed by atoms with Crippen LogP contribution >= 0.6 is 0 Å². The van der Waals surface area contributed by atoms with Crippen LogP contribution in [-0.2, 0) is 4.79 Å². The third-order valence-corrected chi connectivity index (χ3v) is 2.91. The van der Waals surface area contributed by atoms with Gasteiger partial charge in [-0.25, -0.2) is 0 Å². The normalized spacial score (nSPS) is 10.3. The molecule has 6 heteroatoms. The van der Waals surface area contributed by atoms with Gasteiger partial charge in [0.2, 0.25) is 5.91 Å². The minimum absolute atomic E-state index is 0.138. The van der Waals surface area contributed by atoms with Crippen molar-refractivity contribution < 1.29 is 9.59 Å². The summed E-state index contributed by atoms with van der Waals surface area (Å²) >= 11 is 0. The van der Waals surface area contributed by atoms with E-state index in [9.17, 15) is 9.59 Å². The monoisotopic (exact) mass is 312 g/mol. The summed E-state index contributed by atoms with van der Waals surface area (Å²) in [6.07, 6.45) is 1.60. The number of aromatic nitrogens is 1. The van der Waals surface area contributed by atoms with E-state index in [-0.39, 0.29) is 17.9 Å². The van der Waals surface area contributed by atoms with Gasteiger partial charge in [-0.05, 0) is 50.2 Å². The molecule has 0 saturated heterocycles. The molecule has 120 valence electrons. The molecule has 0 fully saturated rings. The summed E-state index contributed by atoms with van der Waals surface area (Å²) in [5.41, 5.74) is 2.49. The molecule has 0 saturated carbocycles. The topological polar surface area (TPSA) is 83.1 Å². The smallest absolute Gasteiger partial charge is 0.274 e. The molecule has 0 unspecified atom stereocenters. The molecular weight excluding hydrogens is 292 g/mol. The van der Waals surface area contributed by atoms with E-state index in [1.807, 2.05) is 19.9 Å². The first-order valence-corrected chi connectivity index (χ1v) is 7.35. The Morgan fingerprint density at radius 3 is 2.13 bits per heavy atom. The first kappa shape index (κ1) is 16.5. The largest absolute Gasteiger partial charge is 0.383 e. The van der Waals surface area contributed by atoms with Gasteiger partial charge in [-0.2, -0.15) is 0 Å². The van der Waals surface area contributed by atoms with E-state index < -0.39 is 0 Å². The summed E-state index contributed by atoms with van der Waals surface area (Å²) in [6, 6.07) is 10.7. The highest BCUT2D eigenvalue weighted by atomic mass is 16.2. The van der Waals surface area contributed by atoms with Gasteiger partial charge in [0, 0.05) is 36.2 Å². The molecule has 0 bridgehead atoms.